The second-order valence-corrected chi connectivity index (χ2v) is 7.23. The van der Waals surface area contributed by atoms with Gasteiger partial charge >= 0.3 is 18.5 Å². The van der Waals surface area contributed by atoms with Gasteiger partial charge in [0.05, 0.1) is 28.1 Å². The fraction of sp³-hybridized carbons (Fsp3) is 0.500. The van der Waals surface area contributed by atoms with Gasteiger partial charge in [0.15, 0.2) is 5.92 Å². The Balaban J connectivity index is 3.36. The fourth-order valence-corrected chi connectivity index (χ4v) is 3.50. The van der Waals surface area contributed by atoms with E-state index in [1.165, 1.54) is 0 Å². The van der Waals surface area contributed by atoms with Gasteiger partial charge in [-0.05, 0) is 18.2 Å². The molecule has 4 nitrogen and oxygen atoms in total. The molecule has 0 heterocycles. The summed E-state index contributed by atoms with van der Waals surface area (Å²) in [4.78, 5) is -1.29. The van der Waals surface area contributed by atoms with Crippen LogP contribution in [-0.2, 0) is 16.2 Å². The molecule has 0 saturated carbocycles. The van der Waals surface area contributed by atoms with Gasteiger partial charge in [0, 0.05) is 0 Å². The van der Waals surface area contributed by atoms with Gasteiger partial charge in [0.1, 0.15) is 0 Å². The maximum absolute atomic E-state index is 12.7. The van der Waals surface area contributed by atoms with Crippen molar-refractivity contribution in [3.63, 3.8) is 0 Å². The molecule has 0 aliphatic heterocycles. The number of sulfonamides is 1. The number of halogens is 10. The lowest BCUT2D eigenvalue weighted by Gasteiger charge is -2.29. The molecule has 27 heavy (non-hydrogen) atoms. The van der Waals surface area contributed by atoms with Gasteiger partial charge < -0.3 is 5.11 Å². The molecule has 0 aliphatic carbocycles. The van der Waals surface area contributed by atoms with Crippen LogP contribution in [0.4, 0.5) is 39.5 Å². The van der Waals surface area contributed by atoms with E-state index in [1.807, 2.05) is 0 Å². The predicted octanol–water partition coefficient (Wildman–Crippen LogP) is 3.74. The number of aliphatic hydroxyl groups is 1. The van der Waals surface area contributed by atoms with Crippen LogP contribution in [0.25, 0.3) is 0 Å². The van der Waals surface area contributed by atoms with E-state index in [2.05, 4.69) is 0 Å². The van der Waals surface area contributed by atoms with Crippen LogP contribution >= 0.6 is 11.6 Å². The Hall–Kier alpha value is -1.25. The molecular weight excluding hydrogens is 445 g/mol. The third kappa shape index (κ3) is 5.86. The maximum atomic E-state index is 12.7. The largest absolute Gasteiger partial charge is 0.417 e. The molecule has 0 saturated heterocycles. The van der Waals surface area contributed by atoms with Crippen molar-refractivity contribution < 1.29 is 53.0 Å². The zero-order valence-corrected chi connectivity index (χ0v) is 14.1. The number of nitrogens with one attached hydrogen (secondary N) is 1. The van der Waals surface area contributed by atoms with Crippen LogP contribution in [0.3, 0.4) is 0 Å². The highest BCUT2D eigenvalue weighted by Gasteiger charge is 2.60. The van der Waals surface area contributed by atoms with Gasteiger partial charge in [-0.1, -0.05) is 11.6 Å². The van der Waals surface area contributed by atoms with Crippen molar-refractivity contribution in [3.05, 3.63) is 28.8 Å². The van der Waals surface area contributed by atoms with Crippen LogP contribution in [0.2, 0.25) is 5.02 Å². The van der Waals surface area contributed by atoms with E-state index in [-0.39, 0.29) is 6.07 Å². The summed E-state index contributed by atoms with van der Waals surface area (Å²) < 4.78 is 139. The third-order valence-corrected chi connectivity index (χ3v) is 4.98. The Morgan fingerprint density at radius 3 is 1.85 bits per heavy atom. The van der Waals surface area contributed by atoms with E-state index >= 15 is 0 Å². The molecule has 1 aromatic carbocycles. The van der Waals surface area contributed by atoms with Crippen molar-refractivity contribution in [1.29, 1.82) is 0 Å². The number of hydrogen-bond donors (Lipinski definition) is 2. The molecule has 1 atom stereocenters. The zero-order valence-electron chi connectivity index (χ0n) is 12.5. The van der Waals surface area contributed by atoms with Crippen LogP contribution in [0.1, 0.15) is 5.56 Å². The molecule has 0 aliphatic rings. The molecular formula is C12H9ClF9NO3S. The molecule has 15 heteroatoms. The lowest BCUT2D eigenvalue weighted by Crippen LogP contribution is -2.54. The van der Waals surface area contributed by atoms with Crippen LogP contribution in [-0.4, -0.2) is 38.5 Å². The Bertz CT molecular complexity index is 760. The van der Waals surface area contributed by atoms with Crippen molar-refractivity contribution in [1.82, 2.24) is 4.72 Å². The highest BCUT2D eigenvalue weighted by Crippen LogP contribution is 2.42. The molecule has 1 aromatic rings. The van der Waals surface area contributed by atoms with Gasteiger partial charge in [0.25, 0.3) is 0 Å². The van der Waals surface area contributed by atoms with E-state index in [1.54, 1.807) is 0 Å². The molecule has 1 unspecified atom stereocenters. The first-order valence-corrected chi connectivity index (χ1v) is 8.40. The van der Waals surface area contributed by atoms with E-state index in [4.69, 9.17) is 16.7 Å². The predicted molar refractivity (Wildman–Crippen MR) is 73.2 cm³/mol. The van der Waals surface area contributed by atoms with Crippen LogP contribution in [0, 0.1) is 5.92 Å². The second kappa shape index (κ2) is 7.64. The summed E-state index contributed by atoms with van der Waals surface area (Å²) in [6.07, 6.45) is -17.1. The summed E-state index contributed by atoms with van der Waals surface area (Å²) in [5, 5.41) is 7.89. The van der Waals surface area contributed by atoms with E-state index in [0.29, 0.717) is 12.1 Å². The SMILES string of the molecule is O=S(=O)(NC(CO)C(C(F)(F)F)C(F)(F)F)c1ccc(Cl)c(C(F)(F)F)c1. The van der Waals surface area contributed by atoms with Crippen LogP contribution in [0.15, 0.2) is 23.1 Å². The van der Waals surface area contributed by atoms with Gasteiger partial charge in [-0.25, -0.2) is 13.1 Å². The molecule has 0 fully saturated rings. The second-order valence-electron chi connectivity index (χ2n) is 5.11. The number of rotatable bonds is 5. The van der Waals surface area contributed by atoms with Crippen molar-refractivity contribution in [3.8, 4) is 0 Å². The summed E-state index contributed by atoms with van der Waals surface area (Å²) in [6, 6.07) is -2.28. The monoisotopic (exact) mass is 453 g/mol. The first kappa shape index (κ1) is 23.8. The molecule has 0 bridgehead atoms. The molecule has 0 aromatic heterocycles. The highest BCUT2D eigenvalue weighted by atomic mass is 35.5. The molecule has 0 amide bonds. The first-order valence-electron chi connectivity index (χ1n) is 6.54. The number of benzene rings is 1. The minimum atomic E-state index is -5.99. The third-order valence-electron chi connectivity index (χ3n) is 3.16. The molecule has 0 spiro atoms. The van der Waals surface area contributed by atoms with Gasteiger partial charge in [-0.15, -0.1) is 0 Å². The summed E-state index contributed by atoms with van der Waals surface area (Å²) in [5.41, 5.74) is -1.67. The van der Waals surface area contributed by atoms with Crippen molar-refractivity contribution in [2.24, 2.45) is 5.92 Å². The molecule has 1 rings (SSSR count). The summed E-state index contributed by atoms with van der Waals surface area (Å²) >= 11 is 5.26. The van der Waals surface area contributed by atoms with Crippen molar-refractivity contribution in [2.75, 3.05) is 6.61 Å². The summed E-state index contributed by atoms with van der Waals surface area (Å²) in [5.74, 6) is -4.29. The van der Waals surface area contributed by atoms with E-state index < -0.39 is 62.6 Å². The van der Waals surface area contributed by atoms with Crippen LogP contribution < -0.4 is 4.72 Å². The number of hydrogen-bond acceptors (Lipinski definition) is 3. The Labute approximate surface area is 151 Å². The average Bonchev–Trinajstić information content (AvgIpc) is 2.42. The van der Waals surface area contributed by atoms with Crippen molar-refractivity contribution in [2.45, 2.75) is 29.5 Å². The van der Waals surface area contributed by atoms with Gasteiger partial charge in [-0.3, -0.25) is 0 Å². The number of aliphatic hydroxyl groups excluding tert-OH is 1. The standard InChI is InChI=1S/C12H9ClF9NO3S/c13-7-2-1-5(3-6(7)10(14,15)16)27(25,26)23-8(4-24)9(11(17,18)19)12(20,21)22/h1-3,8-9,23-24H,4H2. The quantitative estimate of drug-likeness (QED) is 0.668. The smallest absolute Gasteiger partial charge is 0.395 e. The normalized spacial score (nSPS) is 15.3. The fourth-order valence-electron chi connectivity index (χ4n) is 2.01. The summed E-state index contributed by atoms with van der Waals surface area (Å²) in [7, 11) is -5.31. The minimum Gasteiger partial charge on any atom is -0.395 e. The first-order chi connectivity index (χ1) is 11.9. The van der Waals surface area contributed by atoms with Gasteiger partial charge in [-0.2, -0.15) is 39.5 Å². The number of alkyl halides is 9. The maximum Gasteiger partial charge on any atom is 0.417 e. The van der Waals surface area contributed by atoms with E-state index in [9.17, 15) is 47.9 Å². The topological polar surface area (TPSA) is 66.4 Å². The lowest BCUT2D eigenvalue weighted by molar-refractivity contribution is -0.292. The zero-order chi connectivity index (χ0) is 21.4. The minimum absolute atomic E-state index is 0.0602. The molecule has 0 radical (unpaired) electrons. The van der Waals surface area contributed by atoms with E-state index in [0.717, 1.165) is 4.72 Å². The van der Waals surface area contributed by atoms with Crippen molar-refractivity contribution >= 4 is 21.6 Å². The van der Waals surface area contributed by atoms with Gasteiger partial charge in [0.2, 0.25) is 10.0 Å². The Morgan fingerprint density at radius 2 is 1.48 bits per heavy atom. The Kier molecular flexibility index (Phi) is 6.73. The highest BCUT2D eigenvalue weighted by molar-refractivity contribution is 7.89. The Morgan fingerprint density at radius 1 is 1.00 bits per heavy atom. The summed E-state index contributed by atoms with van der Waals surface area (Å²) in [6.45, 7) is -1.93. The lowest BCUT2D eigenvalue weighted by atomic mass is 10.00. The molecule has 156 valence electrons. The average molecular weight is 454 g/mol. The van der Waals surface area contributed by atoms with Crippen LogP contribution in [0.5, 0.6) is 0 Å². The molecule has 2 N–H and O–H groups in total.